The molecule has 0 radical (unpaired) electrons. The van der Waals surface area contributed by atoms with Crippen LogP contribution in [0, 0.1) is 41.4 Å². The van der Waals surface area contributed by atoms with E-state index in [4.69, 9.17) is 28.1 Å². The van der Waals surface area contributed by atoms with E-state index in [1.165, 1.54) is 0 Å². The predicted molar refractivity (Wildman–Crippen MR) is 174 cm³/mol. The molecule has 256 valence electrons. The maximum atomic E-state index is 14.6. The minimum atomic E-state index is -1.61. The first-order chi connectivity index (χ1) is 22.1. The van der Waals surface area contributed by atoms with Gasteiger partial charge in [-0.05, 0) is 97.7 Å². The molecule has 8 atom stereocenters. The zero-order valence-corrected chi connectivity index (χ0v) is 31.3. The Bertz CT molecular complexity index is 2030. The Balaban J connectivity index is 1.30. The van der Waals surface area contributed by atoms with Crippen LogP contribution in [0.4, 0.5) is 0 Å². The molecule has 0 amide bonds. The molecule has 2 bridgehead atoms. The molecular formula is C35H36Br2O11. The normalized spacial score (nSPS) is 40.3. The van der Waals surface area contributed by atoms with Gasteiger partial charge in [0.25, 0.3) is 0 Å². The lowest BCUT2D eigenvalue weighted by Crippen LogP contribution is -2.60. The van der Waals surface area contributed by atoms with Crippen molar-refractivity contribution in [3.8, 4) is 5.75 Å². The van der Waals surface area contributed by atoms with Gasteiger partial charge in [-0.3, -0.25) is 14.4 Å². The molecule has 5 fully saturated rings. The molecule has 4 unspecified atom stereocenters. The maximum absolute atomic E-state index is 14.6. The van der Waals surface area contributed by atoms with E-state index in [1.807, 2.05) is 27.7 Å². The van der Waals surface area contributed by atoms with Gasteiger partial charge in [0.05, 0.1) is 26.3 Å². The van der Waals surface area contributed by atoms with Crippen molar-refractivity contribution in [2.45, 2.75) is 111 Å². The number of esters is 4. The van der Waals surface area contributed by atoms with Gasteiger partial charge in [-0.2, -0.15) is 0 Å². The average molecular weight is 792 g/mol. The molecule has 3 aliphatic heterocycles. The van der Waals surface area contributed by atoms with E-state index in [9.17, 15) is 24.0 Å². The molecule has 3 saturated carbocycles. The average Bonchev–Trinajstić information content (AvgIpc) is 3.13. The van der Waals surface area contributed by atoms with Gasteiger partial charge in [0.1, 0.15) is 27.2 Å². The lowest BCUT2D eigenvalue weighted by atomic mass is 9.66. The highest BCUT2D eigenvalue weighted by Crippen LogP contribution is 2.89. The monoisotopic (exact) mass is 790 g/mol. The number of fused-ring (bicyclic) bond motifs is 6. The van der Waals surface area contributed by atoms with E-state index in [1.54, 1.807) is 34.6 Å². The van der Waals surface area contributed by atoms with E-state index < -0.39 is 74.5 Å². The van der Waals surface area contributed by atoms with Gasteiger partial charge in [0.15, 0.2) is 12.2 Å². The smallest absolute Gasteiger partial charge is 0.351 e. The number of carbonyl (C=O) groups excluding carboxylic acids is 4. The van der Waals surface area contributed by atoms with Crippen molar-refractivity contribution < 1.29 is 47.3 Å². The molecule has 13 heteroatoms. The van der Waals surface area contributed by atoms with Crippen LogP contribution < -0.4 is 10.2 Å². The van der Waals surface area contributed by atoms with Gasteiger partial charge in [0.2, 0.25) is 16.6 Å². The molecule has 2 saturated heterocycles. The summed E-state index contributed by atoms with van der Waals surface area (Å²) in [7, 11) is 0. The highest BCUT2D eigenvalue weighted by atomic mass is 79.9. The van der Waals surface area contributed by atoms with Gasteiger partial charge in [-0.25, -0.2) is 9.59 Å². The number of rotatable bonds is 4. The molecule has 2 aromatic rings. The molecule has 48 heavy (non-hydrogen) atoms. The molecule has 4 heterocycles. The van der Waals surface area contributed by atoms with Gasteiger partial charge >= 0.3 is 23.9 Å². The number of aryl methyl sites for hydroxylation is 2. The largest absolute Gasteiger partial charge is 0.482 e. The van der Waals surface area contributed by atoms with Crippen LogP contribution in [0.5, 0.6) is 5.75 Å². The second-order valence-corrected chi connectivity index (χ2v) is 17.7. The van der Waals surface area contributed by atoms with Crippen LogP contribution in [0.3, 0.4) is 0 Å². The maximum Gasteiger partial charge on any atom is 0.351 e. The third kappa shape index (κ3) is 3.13. The fraction of sp³-hybridized carbons (Fsp3) is 0.629. The minimum absolute atomic E-state index is 0.00241. The predicted octanol–water partition coefficient (Wildman–Crippen LogP) is 6.07. The standard InChI is InChI=1S/C35H36Br2O11/c1-13-16-20(38)19(37)14(2)43-21(16)17-22(18(13)36)46-29(3,4)24(45-28(42)35-12-15-32(8,26(40)48-35)33(15,35)9)23(17)44-27(41)34-11-10-31(7,25(39)47-34)30(34,5)6/h15,23-24H,10-12H2,1-9H3/t15?,23-,24-,31+,32-,33?,34?,35?/m1/s1. The van der Waals surface area contributed by atoms with E-state index in [2.05, 4.69) is 31.9 Å². The Kier molecular flexibility index (Phi) is 5.96. The molecule has 1 aromatic heterocycles. The second kappa shape index (κ2) is 8.86. The van der Waals surface area contributed by atoms with Crippen molar-refractivity contribution in [2.24, 2.45) is 27.6 Å². The van der Waals surface area contributed by atoms with Crippen molar-refractivity contribution >= 4 is 66.7 Å². The van der Waals surface area contributed by atoms with Crippen LogP contribution in [0.25, 0.3) is 11.0 Å². The Morgan fingerprint density at radius 2 is 1.44 bits per heavy atom. The molecule has 11 nitrogen and oxygen atoms in total. The lowest BCUT2D eigenvalue weighted by molar-refractivity contribution is -0.226. The molecule has 1 aromatic carbocycles. The van der Waals surface area contributed by atoms with Crippen LogP contribution in [0.1, 0.15) is 90.7 Å². The summed E-state index contributed by atoms with van der Waals surface area (Å²) in [6, 6.07) is 0. The summed E-state index contributed by atoms with van der Waals surface area (Å²) in [5.41, 5.74) is -7.34. The first-order valence-electron chi connectivity index (χ1n) is 16.1. The van der Waals surface area contributed by atoms with Crippen molar-refractivity contribution in [1.82, 2.24) is 0 Å². The summed E-state index contributed by atoms with van der Waals surface area (Å²) in [6.45, 7) is 15.8. The summed E-state index contributed by atoms with van der Waals surface area (Å²) < 4.78 is 37.9. The van der Waals surface area contributed by atoms with Crippen molar-refractivity contribution in [1.29, 1.82) is 0 Å². The fourth-order valence-corrected chi connectivity index (χ4v) is 10.6. The van der Waals surface area contributed by atoms with Crippen LogP contribution in [0.2, 0.25) is 0 Å². The first-order valence-corrected chi connectivity index (χ1v) is 17.7. The zero-order chi connectivity index (χ0) is 35.1. The zero-order valence-electron chi connectivity index (χ0n) is 28.1. The number of hydrogen-bond donors (Lipinski definition) is 0. The van der Waals surface area contributed by atoms with Gasteiger partial charge in [-0.15, -0.1) is 0 Å². The first kappa shape index (κ1) is 32.3. The third-order valence-electron chi connectivity index (χ3n) is 13.8. The van der Waals surface area contributed by atoms with Crippen LogP contribution >= 0.6 is 31.9 Å². The van der Waals surface area contributed by atoms with E-state index in [-0.39, 0.29) is 50.3 Å². The van der Waals surface area contributed by atoms with Crippen LogP contribution in [-0.4, -0.2) is 46.8 Å². The SMILES string of the molecule is Cc1oc2c3c(c(Br)c(C)c2c(=O)c1Br)OC(C)(C)[C@H](OC(=O)C12CC4C1(C)[C@@]4(C)C(=O)O2)[C@@H]3OC(=O)C12CC[C@@](C)(C(=O)O1)C2(C)C. The summed E-state index contributed by atoms with van der Waals surface area (Å²) in [5.74, 6) is -1.98. The molecule has 3 aliphatic carbocycles. The minimum Gasteiger partial charge on any atom is -0.482 e. The third-order valence-corrected chi connectivity index (χ3v) is 15.7. The molecular weight excluding hydrogens is 756 g/mol. The lowest BCUT2D eigenvalue weighted by Gasteiger charge is -2.47. The van der Waals surface area contributed by atoms with Crippen molar-refractivity contribution in [3.05, 3.63) is 36.1 Å². The van der Waals surface area contributed by atoms with Gasteiger partial charge < -0.3 is 28.1 Å². The highest BCUT2D eigenvalue weighted by molar-refractivity contribution is 9.11. The van der Waals surface area contributed by atoms with E-state index in [0.717, 1.165) is 0 Å². The number of ether oxygens (including phenoxy) is 5. The Labute approximate surface area is 292 Å². The summed E-state index contributed by atoms with van der Waals surface area (Å²) >= 11 is 6.95. The molecule has 0 spiro atoms. The van der Waals surface area contributed by atoms with Crippen LogP contribution in [-0.2, 0) is 38.1 Å². The fourth-order valence-electron chi connectivity index (χ4n) is 9.78. The van der Waals surface area contributed by atoms with Gasteiger partial charge in [0, 0.05) is 17.3 Å². The number of hydrogen-bond acceptors (Lipinski definition) is 11. The van der Waals surface area contributed by atoms with E-state index >= 15 is 0 Å². The molecule has 8 rings (SSSR count). The summed E-state index contributed by atoms with van der Waals surface area (Å²) in [6.07, 6.45) is -1.74. The Morgan fingerprint density at radius 1 is 0.812 bits per heavy atom. The van der Waals surface area contributed by atoms with Crippen molar-refractivity contribution in [3.63, 3.8) is 0 Å². The number of benzene rings is 1. The molecule has 0 N–H and O–H groups in total. The Morgan fingerprint density at radius 3 is 1.98 bits per heavy atom. The van der Waals surface area contributed by atoms with E-state index in [0.29, 0.717) is 22.9 Å². The number of halogens is 2. The summed E-state index contributed by atoms with van der Waals surface area (Å²) in [4.78, 5) is 68.6. The topological polar surface area (TPSA) is 145 Å². The van der Waals surface area contributed by atoms with Gasteiger partial charge in [-0.1, -0.05) is 20.8 Å². The second-order valence-electron chi connectivity index (χ2n) is 16.1. The highest BCUT2D eigenvalue weighted by Gasteiger charge is 2.99. The summed E-state index contributed by atoms with van der Waals surface area (Å²) in [5, 5.41) is 0.207. The number of carbonyl (C=O) groups is 4. The quantitative estimate of drug-likeness (QED) is 0.263. The van der Waals surface area contributed by atoms with Crippen LogP contribution in [0.15, 0.2) is 18.2 Å². The Hall–Kier alpha value is -2.93. The van der Waals surface area contributed by atoms with Crippen molar-refractivity contribution in [2.75, 3.05) is 0 Å². The molecule has 6 aliphatic rings.